The average Bonchev–Trinajstić information content (AvgIpc) is 3.20. The van der Waals surface area contributed by atoms with Gasteiger partial charge in [0.15, 0.2) is 0 Å². The van der Waals surface area contributed by atoms with Crippen molar-refractivity contribution in [3.63, 3.8) is 0 Å². The van der Waals surface area contributed by atoms with Gasteiger partial charge in [0.2, 0.25) is 5.76 Å². The molecule has 0 bridgehead atoms. The second kappa shape index (κ2) is 5.48. The Hall–Kier alpha value is -2.56. The molecule has 0 saturated carbocycles. The monoisotopic (exact) mass is 340 g/mol. The van der Waals surface area contributed by atoms with Crippen LogP contribution in [0.25, 0.3) is 0 Å². The van der Waals surface area contributed by atoms with E-state index in [-0.39, 0.29) is 29.2 Å². The summed E-state index contributed by atoms with van der Waals surface area (Å²) in [4.78, 5) is 24.1. The molecule has 1 aromatic heterocycles. The molecule has 5 heteroatoms. The summed E-state index contributed by atoms with van der Waals surface area (Å²) in [5.41, 5.74) is 2.58. The first-order chi connectivity index (χ1) is 11.9. The molecule has 0 aromatic carbocycles. The van der Waals surface area contributed by atoms with Gasteiger partial charge in [-0.1, -0.05) is 19.9 Å². The lowest BCUT2D eigenvalue weighted by Crippen LogP contribution is -2.42. The second-order valence-corrected chi connectivity index (χ2v) is 7.20. The number of fused-ring (bicyclic) bond motifs is 2. The Kier molecular flexibility index (Phi) is 3.49. The minimum atomic E-state index is -0.441. The van der Waals surface area contributed by atoms with Crippen LogP contribution in [0.5, 0.6) is 0 Å². The first kappa shape index (κ1) is 15.9. The molecule has 3 aliphatic rings. The number of hydrogen-bond acceptors (Lipinski definition) is 5. The number of carbonyl (C=O) groups excluding carboxylic acids is 2. The predicted molar refractivity (Wildman–Crippen MR) is 89.4 cm³/mol. The Morgan fingerprint density at radius 3 is 2.92 bits per heavy atom. The number of allylic oxidation sites excluding steroid dienone is 3. The van der Waals surface area contributed by atoms with Crippen molar-refractivity contribution < 1.29 is 23.5 Å². The highest BCUT2D eigenvalue weighted by Gasteiger charge is 2.48. The molecule has 2 aliphatic carbocycles. The van der Waals surface area contributed by atoms with E-state index in [0.29, 0.717) is 24.2 Å². The molecular weight excluding hydrogens is 320 g/mol. The van der Waals surface area contributed by atoms with Gasteiger partial charge in [0.25, 0.3) is 0 Å². The molecular formula is C20H20O5. The molecule has 1 aliphatic heterocycles. The molecule has 5 nitrogen and oxygen atoms in total. The van der Waals surface area contributed by atoms with Gasteiger partial charge in [-0.2, -0.15) is 0 Å². The van der Waals surface area contributed by atoms with Crippen molar-refractivity contribution in [2.45, 2.75) is 39.7 Å². The minimum absolute atomic E-state index is 0.0974. The van der Waals surface area contributed by atoms with Crippen LogP contribution in [0.2, 0.25) is 0 Å². The zero-order valence-corrected chi connectivity index (χ0v) is 14.5. The lowest BCUT2D eigenvalue weighted by Gasteiger charge is -2.46. The first-order valence-electron chi connectivity index (χ1n) is 8.49. The standard InChI is InChI=1S/C20H20O5/c1-11-14-10-20(3)12(2)15(24-19(22)16-5-4-8-23-16)7-6-13(20)9-17(14)25-18(11)21/h4-6,8-9,12,15H,7,10H2,1-3H3/t12-,15-,20+/m0/s1. The van der Waals surface area contributed by atoms with E-state index < -0.39 is 5.97 Å². The van der Waals surface area contributed by atoms with Crippen molar-refractivity contribution in [2.24, 2.45) is 11.3 Å². The molecule has 0 amide bonds. The van der Waals surface area contributed by atoms with Crippen LogP contribution in [0.1, 0.15) is 44.2 Å². The Bertz CT molecular complexity index is 839. The zero-order valence-electron chi connectivity index (χ0n) is 14.5. The largest absolute Gasteiger partial charge is 0.457 e. The zero-order chi connectivity index (χ0) is 17.8. The summed E-state index contributed by atoms with van der Waals surface area (Å²) >= 11 is 0. The van der Waals surface area contributed by atoms with Gasteiger partial charge in [0, 0.05) is 28.9 Å². The molecule has 4 rings (SSSR count). The molecule has 130 valence electrons. The molecule has 0 spiro atoms. The summed E-state index contributed by atoms with van der Waals surface area (Å²) < 4.78 is 16.2. The Balaban J connectivity index is 1.63. The van der Waals surface area contributed by atoms with E-state index >= 15 is 0 Å². The number of rotatable bonds is 2. The van der Waals surface area contributed by atoms with Crippen molar-refractivity contribution in [1.29, 1.82) is 0 Å². The van der Waals surface area contributed by atoms with E-state index in [0.717, 1.165) is 11.1 Å². The molecule has 0 saturated heterocycles. The topological polar surface area (TPSA) is 65.7 Å². The van der Waals surface area contributed by atoms with Crippen molar-refractivity contribution in [1.82, 2.24) is 0 Å². The molecule has 25 heavy (non-hydrogen) atoms. The van der Waals surface area contributed by atoms with Crippen molar-refractivity contribution in [3.8, 4) is 0 Å². The molecule has 0 radical (unpaired) electrons. The fourth-order valence-corrected chi connectivity index (χ4v) is 3.97. The highest BCUT2D eigenvalue weighted by Crippen LogP contribution is 2.53. The van der Waals surface area contributed by atoms with Gasteiger partial charge in [-0.3, -0.25) is 0 Å². The van der Waals surface area contributed by atoms with Crippen molar-refractivity contribution in [3.05, 3.63) is 58.8 Å². The van der Waals surface area contributed by atoms with Gasteiger partial charge in [0.05, 0.1) is 6.26 Å². The van der Waals surface area contributed by atoms with Gasteiger partial charge < -0.3 is 13.9 Å². The molecule has 0 unspecified atom stereocenters. The van der Waals surface area contributed by atoms with Crippen LogP contribution >= 0.6 is 0 Å². The normalized spacial score (nSPS) is 30.9. The number of carbonyl (C=O) groups is 2. The van der Waals surface area contributed by atoms with Crippen LogP contribution in [0.3, 0.4) is 0 Å². The Labute approximate surface area is 146 Å². The summed E-state index contributed by atoms with van der Waals surface area (Å²) in [6, 6.07) is 3.27. The molecule has 1 aromatic rings. The summed E-state index contributed by atoms with van der Waals surface area (Å²) in [5.74, 6) is 0.276. The number of hydrogen-bond donors (Lipinski definition) is 0. The number of furan rings is 1. The van der Waals surface area contributed by atoms with Crippen LogP contribution in [-0.4, -0.2) is 18.0 Å². The lowest BCUT2D eigenvalue weighted by atomic mass is 9.60. The molecule has 3 atom stereocenters. The summed E-state index contributed by atoms with van der Waals surface area (Å²) in [5, 5.41) is 0. The van der Waals surface area contributed by atoms with Crippen LogP contribution < -0.4 is 0 Å². The average molecular weight is 340 g/mol. The maximum Gasteiger partial charge on any atom is 0.374 e. The maximum absolute atomic E-state index is 12.2. The van der Waals surface area contributed by atoms with Gasteiger partial charge in [-0.15, -0.1) is 0 Å². The van der Waals surface area contributed by atoms with E-state index in [9.17, 15) is 9.59 Å². The smallest absolute Gasteiger partial charge is 0.374 e. The van der Waals surface area contributed by atoms with E-state index in [1.807, 2.05) is 6.08 Å². The fraction of sp³-hybridized carbons (Fsp3) is 0.400. The quantitative estimate of drug-likeness (QED) is 0.763. The minimum Gasteiger partial charge on any atom is -0.457 e. The van der Waals surface area contributed by atoms with Gasteiger partial charge in [-0.25, -0.2) is 9.59 Å². The van der Waals surface area contributed by atoms with Crippen molar-refractivity contribution in [2.75, 3.05) is 0 Å². The Morgan fingerprint density at radius 1 is 1.40 bits per heavy atom. The highest BCUT2D eigenvalue weighted by molar-refractivity contribution is 5.94. The third-order valence-corrected chi connectivity index (χ3v) is 5.86. The lowest BCUT2D eigenvalue weighted by molar-refractivity contribution is -0.133. The van der Waals surface area contributed by atoms with Crippen molar-refractivity contribution >= 4 is 11.9 Å². The van der Waals surface area contributed by atoms with Gasteiger partial charge >= 0.3 is 11.9 Å². The summed E-state index contributed by atoms with van der Waals surface area (Å²) in [7, 11) is 0. The molecule has 2 heterocycles. The van der Waals surface area contributed by atoms with E-state index in [1.165, 1.54) is 6.26 Å². The SMILES string of the molecule is CC1=C2C[C@@]3(C)C(=CC[C@H](OC(=O)c4ccco4)[C@@H]3C)C=C2OC1=O. The van der Waals surface area contributed by atoms with Gasteiger partial charge in [0.1, 0.15) is 11.9 Å². The van der Waals surface area contributed by atoms with E-state index in [2.05, 4.69) is 19.9 Å². The van der Waals surface area contributed by atoms with Gasteiger partial charge in [-0.05, 0) is 37.1 Å². The second-order valence-electron chi connectivity index (χ2n) is 7.20. The van der Waals surface area contributed by atoms with Crippen LogP contribution in [-0.2, 0) is 14.3 Å². The number of ether oxygens (including phenoxy) is 2. The fourth-order valence-electron chi connectivity index (χ4n) is 3.97. The first-order valence-corrected chi connectivity index (χ1v) is 8.49. The highest BCUT2D eigenvalue weighted by atomic mass is 16.6. The van der Waals surface area contributed by atoms with Crippen LogP contribution in [0.4, 0.5) is 0 Å². The third-order valence-electron chi connectivity index (χ3n) is 5.86. The van der Waals surface area contributed by atoms with E-state index in [1.54, 1.807) is 19.1 Å². The van der Waals surface area contributed by atoms with E-state index in [4.69, 9.17) is 13.9 Å². The molecule has 0 fully saturated rings. The van der Waals surface area contributed by atoms with Crippen LogP contribution in [0, 0.1) is 11.3 Å². The summed E-state index contributed by atoms with van der Waals surface area (Å²) in [6.07, 6.45) is 6.62. The molecule has 0 N–H and O–H groups in total. The number of esters is 2. The predicted octanol–water partition coefficient (Wildman–Crippen LogP) is 3.94. The summed E-state index contributed by atoms with van der Waals surface area (Å²) in [6.45, 7) is 6.06. The van der Waals surface area contributed by atoms with Crippen LogP contribution in [0.15, 0.2) is 57.4 Å². The Morgan fingerprint density at radius 2 is 2.20 bits per heavy atom. The maximum atomic E-state index is 12.2. The third kappa shape index (κ3) is 2.37.